The van der Waals surface area contributed by atoms with E-state index < -0.39 is 6.10 Å². The molecule has 1 aliphatic heterocycles. The molecular formula is C14H19NO3. The summed E-state index contributed by atoms with van der Waals surface area (Å²) >= 11 is 0. The van der Waals surface area contributed by atoms with Gasteiger partial charge in [-0.05, 0) is 30.0 Å². The number of ether oxygens (including phenoxy) is 1. The number of carbonyl (C=O) groups is 1. The molecule has 0 aliphatic carbocycles. The van der Waals surface area contributed by atoms with Gasteiger partial charge in [0.05, 0.1) is 12.5 Å². The molecular weight excluding hydrogens is 230 g/mol. The fourth-order valence-electron chi connectivity index (χ4n) is 2.34. The van der Waals surface area contributed by atoms with Gasteiger partial charge in [-0.15, -0.1) is 0 Å². The van der Waals surface area contributed by atoms with Crippen LogP contribution in [0.25, 0.3) is 0 Å². The minimum atomic E-state index is -0.645. The Morgan fingerprint density at radius 3 is 2.83 bits per heavy atom. The summed E-state index contributed by atoms with van der Waals surface area (Å²) in [5.41, 5.74) is 3.78. The first-order valence-electron chi connectivity index (χ1n) is 6.23. The number of benzene rings is 1. The van der Waals surface area contributed by atoms with Crippen LogP contribution in [0, 0.1) is 0 Å². The number of nitrogens with one attached hydrogen (secondary N) is 1. The minimum absolute atomic E-state index is 0.0260. The Kier molecular flexibility index (Phi) is 3.68. The van der Waals surface area contributed by atoms with E-state index in [2.05, 4.69) is 5.32 Å². The molecule has 0 bridgehead atoms. The van der Waals surface area contributed by atoms with Crippen molar-refractivity contribution in [2.45, 2.75) is 32.3 Å². The number of aliphatic hydroxyl groups excluding tert-OH is 1. The van der Waals surface area contributed by atoms with Crippen molar-refractivity contribution in [3.63, 3.8) is 0 Å². The molecule has 0 fully saturated rings. The number of aryl methyl sites for hydroxylation is 1. The Labute approximate surface area is 107 Å². The van der Waals surface area contributed by atoms with E-state index in [4.69, 9.17) is 4.74 Å². The van der Waals surface area contributed by atoms with Crippen LogP contribution in [0.1, 0.15) is 42.6 Å². The van der Waals surface area contributed by atoms with Crippen LogP contribution in [0.3, 0.4) is 0 Å². The maximum Gasteiger partial charge on any atom is 0.231 e. The third-order valence-electron chi connectivity index (χ3n) is 3.47. The van der Waals surface area contributed by atoms with Gasteiger partial charge in [0.25, 0.3) is 0 Å². The van der Waals surface area contributed by atoms with E-state index in [1.54, 1.807) is 7.11 Å². The van der Waals surface area contributed by atoms with E-state index in [1.165, 1.54) is 0 Å². The number of fused-ring (bicyclic) bond motifs is 1. The van der Waals surface area contributed by atoms with E-state index in [0.717, 1.165) is 28.8 Å². The zero-order valence-electron chi connectivity index (χ0n) is 11.0. The van der Waals surface area contributed by atoms with Crippen LogP contribution in [0.15, 0.2) is 12.1 Å². The van der Waals surface area contributed by atoms with Gasteiger partial charge in [-0.25, -0.2) is 0 Å². The van der Waals surface area contributed by atoms with E-state index in [1.807, 2.05) is 26.0 Å². The SMILES string of the molecule is CCc1cc(C(O)COC)cc2c1NC(=O)C2C. The molecule has 1 amide bonds. The summed E-state index contributed by atoms with van der Waals surface area (Å²) in [7, 11) is 1.56. The molecule has 0 radical (unpaired) electrons. The summed E-state index contributed by atoms with van der Waals surface area (Å²) in [6, 6.07) is 3.85. The molecule has 0 saturated heterocycles. The Bertz CT molecular complexity index is 470. The van der Waals surface area contributed by atoms with Gasteiger partial charge < -0.3 is 15.2 Å². The van der Waals surface area contributed by atoms with Crippen LogP contribution < -0.4 is 5.32 Å². The average Bonchev–Trinajstić information content (AvgIpc) is 2.65. The molecule has 2 unspecified atom stereocenters. The Balaban J connectivity index is 2.45. The van der Waals surface area contributed by atoms with Gasteiger partial charge in [0.1, 0.15) is 6.10 Å². The highest BCUT2D eigenvalue weighted by molar-refractivity contribution is 6.03. The number of methoxy groups -OCH3 is 1. The topological polar surface area (TPSA) is 58.6 Å². The van der Waals surface area contributed by atoms with Crippen molar-refractivity contribution < 1.29 is 14.6 Å². The first-order valence-corrected chi connectivity index (χ1v) is 6.23. The van der Waals surface area contributed by atoms with Crippen molar-refractivity contribution in [2.75, 3.05) is 19.0 Å². The predicted molar refractivity (Wildman–Crippen MR) is 69.7 cm³/mol. The lowest BCUT2D eigenvalue weighted by atomic mass is 9.94. The third-order valence-corrected chi connectivity index (χ3v) is 3.47. The zero-order valence-corrected chi connectivity index (χ0v) is 11.0. The predicted octanol–water partition coefficient (Wildman–Crippen LogP) is 1.98. The zero-order chi connectivity index (χ0) is 13.3. The molecule has 4 heteroatoms. The molecule has 0 saturated carbocycles. The monoisotopic (exact) mass is 249 g/mol. The van der Waals surface area contributed by atoms with Crippen molar-refractivity contribution in [1.29, 1.82) is 0 Å². The normalized spacial score (nSPS) is 19.6. The van der Waals surface area contributed by atoms with E-state index >= 15 is 0 Å². The van der Waals surface area contributed by atoms with Gasteiger partial charge in [-0.2, -0.15) is 0 Å². The number of amides is 1. The second-order valence-electron chi connectivity index (χ2n) is 4.68. The van der Waals surface area contributed by atoms with Gasteiger partial charge in [-0.1, -0.05) is 19.1 Å². The number of anilines is 1. The van der Waals surface area contributed by atoms with Gasteiger partial charge in [-0.3, -0.25) is 4.79 Å². The maximum absolute atomic E-state index is 11.7. The lowest BCUT2D eigenvalue weighted by Gasteiger charge is -2.15. The summed E-state index contributed by atoms with van der Waals surface area (Å²) in [6.45, 7) is 4.18. The molecule has 1 aromatic rings. The fourth-order valence-corrected chi connectivity index (χ4v) is 2.34. The molecule has 1 aromatic carbocycles. The summed E-state index contributed by atoms with van der Waals surface area (Å²) in [6.07, 6.45) is 0.177. The van der Waals surface area contributed by atoms with Crippen molar-refractivity contribution in [2.24, 2.45) is 0 Å². The van der Waals surface area contributed by atoms with Crippen molar-refractivity contribution in [1.82, 2.24) is 0 Å². The number of carbonyl (C=O) groups excluding carboxylic acids is 1. The second kappa shape index (κ2) is 5.08. The molecule has 2 N–H and O–H groups in total. The van der Waals surface area contributed by atoms with E-state index in [0.29, 0.717) is 0 Å². The largest absolute Gasteiger partial charge is 0.386 e. The average molecular weight is 249 g/mol. The third kappa shape index (κ3) is 2.13. The van der Waals surface area contributed by atoms with Gasteiger partial charge in [0.2, 0.25) is 5.91 Å². The van der Waals surface area contributed by atoms with E-state index in [9.17, 15) is 9.90 Å². The summed E-state index contributed by atoms with van der Waals surface area (Å²) in [4.78, 5) is 11.7. The van der Waals surface area contributed by atoms with Crippen molar-refractivity contribution in [3.8, 4) is 0 Å². The van der Waals surface area contributed by atoms with Crippen LogP contribution in [0.5, 0.6) is 0 Å². The highest BCUT2D eigenvalue weighted by Crippen LogP contribution is 2.37. The number of hydrogen-bond acceptors (Lipinski definition) is 3. The highest BCUT2D eigenvalue weighted by atomic mass is 16.5. The van der Waals surface area contributed by atoms with Gasteiger partial charge in [0, 0.05) is 12.8 Å². The molecule has 18 heavy (non-hydrogen) atoms. The molecule has 1 aliphatic rings. The minimum Gasteiger partial charge on any atom is -0.386 e. The molecule has 0 aromatic heterocycles. The van der Waals surface area contributed by atoms with Crippen LogP contribution in [-0.4, -0.2) is 24.7 Å². The maximum atomic E-state index is 11.7. The first-order chi connectivity index (χ1) is 8.58. The lowest BCUT2D eigenvalue weighted by Crippen LogP contribution is -2.08. The summed E-state index contributed by atoms with van der Waals surface area (Å²) in [5.74, 6) is -0.127. The first kappa shape index (κ1) is 13.1. The fraction of sp³-hybridized carbons (Fsp3) is 0.500. The Morgan fingerprint density at radius 1 is 1.50 bits per heavy atom. The number of hydrogen-bond donors (Lipinski definition) is 2. The molecule has 2 atom stereocenters. The highest BCUT2D eigenvalue weighted by Gasteiger charge is 2.29. The summed E-state index contributed by atoms with van der Waals surface area (Å²) in [5, 5.41) is 12.9. The number of rotatable bonds is 4. The summed E-state index contributed by atoms with van der Waals surface area (Å²) < 4.78 is 4.97. The Morgan fingerprint density at radius 2 is 2.22 bits per heavy atom. The van der Waals surface area contributed by atoms with Crippen LogP contribution >= 0.6 is 0 Å². The smallest absolute Gasteiger partial charge is 0.231 e. The van der Waals surface area contributed by atoms with Crippen molar-refractivity contribution >= 4 is 11.6 Å². The molecule has 98 valence electrons. The van der Waals surface area contributed by atoms with Crippen molar-refractivity contribution in [3.05, 3.63) is 28.8 Å². The number of aliphatic hydroxyl groups is 1. The van der Waals surface area contributed by atoms with Gasteiger partial charge >= 0.3 is 0 Å². The lowest BCUT2D eigenvalue weighted by molar-refractivity contribution is -0.116. The van der Waals surface area contributed by atoms with E-state index in [-0.39, 0.29) is 18.4 Å². The van der Waals surface area contributed by atoms with Crippen LogP contribution in [0.4, 0.5) is 5.69 Å². The van der Waals surface area contributed by atoms with Crippen LogP contribution in [0.2, 0.25) is 0 Å². The molecule has 0 spiro atoms. The molecule has 2 rings (SSSR count). The second-order valence-corrected chi connectivity index (χ2v) is 4.68. The standard InChI is InChI=1S/C14H19NO3/c1-4-9-5-10(12(16)7-18-3)6-11-8(2)14(17)15-13(9)11/h5-6,8,12,16H,4,7H2,1-3H3,(H,15,17). The molecule has 1 heterocycles. The van der Waals surface area contributed by atoms with Crippen LogP contribution in [-0.2, 0) is 16.0 Å². The molecule has 4 nitrogen and oxygen atoms in total. The quantitative estimate of drug-likeness (QED) is 0.858. The van der Waals surface area contributed by atoms with Gasteiger partial charge in [0.15, 0.2) is 0 Å². The Hall–Kier alpha value is -1.39.